The Kier molecular flexibility index (Phi) is 7.83. The molecular formula is C23H27N3O4. The highest BCUT2D eigenvalue weighted by Gasteiger charge is 2.21. The van der Waals surface area contributed by atoms with Gasteiger partial charge in [-0.2, -0.15) is 0 Å². The Balaban J connectivity index is 1.37. The molecule has 2 aromatic carbocycles. The highest BCUT2D eigenvalue weighted by atomic mass is 16.5. The summed E-state index contributed by atoms with van der Waals surface area (Å²) in [5.74, 6) is -0.231. The van der Waals surface area contributed by atoms with Gasteiger partial charge in [0.15, 0.2) is 0 Å². The Bertz CT molecular complexity index is 847. The zero-order valence-corrected chi connectivity index (χ0v) is 16.9. The van der Waals surface area contributed by atoms with Gasteiger partial charge in [0.25, 0.3) is 11.8 Å². The van der Waals surface area contributed by atoms with Crippen LogP contribution < -0.4 is 20.9 Å². The van der Waals surface area contributed by atoms with Gasteiger partial charge in [0.05, 0.1) is 6.54 Å². The van der Waals surface area contributed by atoms with Crippen LogP contribution in [0, 0.1) is 5.92 Å². The highest BCUT2D eigenvalue weighted by Crippen LogP contribution is 2.23. The van der Waals surface area contributed by atoms with Crippen LogP contribution in [0.2, 0.25) is 0 Å². The van der Waals surface area contributed by atoms with Crippen LogP contribution in [0.5, 0.6) is 5.75 Å². The van der Waals surface area contributed by atoms with E-state index in [-0.39, 0.29) is 18.4 Å². The largest absolute Gasteiger partial charge is 0.489 e. The fourth-order valence-corrected chi connectivity index (χ4v) is 3.36. The van der Waals surface area contributed by atoms with Crippen molar-refractivity contribution in [3.63, 3.8) is 0 Å². The second kappa shape index (κ2) is 11.0. The van der Waals surface area contributed by atoms with Crippen LogP contribution in [-0.4, -0.2) is 24.3 Å². The quantitative estimate of drug-likeness (QED) is 0.613. The molecule has 1 aliphatic rings. The van der Waals surface area contributed by atoms with Crippen LogP contribution in [0.4, 0.5) is 0 Å². The Hall–Kier alpha value is -3.35. The number of hydrazine groups is 1. The maximum atomic E-state index is 12.2. The number of ether oxygens (including phenoxy) is 1. The molecule has 30 heavy (non-hydrogen) atoms. The molecule has 3 rings (SSSR count). The summed E-state index contributed by atoms with van der Waals surface area (Å²) in [6, 6.07) is 16.4. The maximum Gasteiger partial charge on any atom is 0.269 e. The van der Waals surface area contributed by atoms with Crippen molar-refractivity contribution in [3.05, 3.63) is 65.7 Å². The van der Waals surface area contributed by atoms with Gasteiger partial charge in [0.2, 0.25) is 5.91 Å². The van der Waals surface area contributed by atoms with Crippen molar-refractivity contribution in [1.29, 1.82) is 0 Å². The van der Waals surface area contributed by atoms with Crippen molar-refractivity contribution in [2.24, 2.45) is 5.92 Å². The Morgan fingerprint density at radius 1 is 0.867 bits per heavy atom. The first-order chi connectivity index (χ1) is 14.6. The number of carbonyl (C=O) groups excluding carboxylic acids is 3. The molecule has 7 heteroatoms. The number of amides is 3. The van der Waals surface area contributed by atoms with E-state index >= 15 is 0 Å². The molecule has 0 unspecified atom stereocenters. The molecule has 0 radical (unpaired) electrons. The summed E-state index contributed by atoms with van der Waals surface area (Å²) in [4.78, 5) is 36.1. The third-order valence-electron chi connectivity index (χ3n) is 5.08. The van der Waals surface area contributed by atoms with E-state index in [0.717, 1.165) is 43.4 Å². The van der Waals surface area contributed by atoms with E-state index in [1.807, 2.05) is 30.3 Å². The molecule has 2 aromatic rings. The fraction of sp³-hybridized carbons (Fsp3) is 0.348. The van der Waals surface area contributed by atoms with Gasteiger partial charge in [-0.15, -0.1) is 0 Å². The standard InChI is InChI=1S/C23H27N3O4/c27-21(15-24-22(28)18-7-3-1-4-8-18)25-26-23(29)19-13-11-17(12-14-19)16-30-20-9-5-2-6-10-20/h2,5-6,9-14,18H,1,3-4,7-8,15-16H2,(H,24,28)(H,25,27)(H,26,29). The lowest BCUT2D eigenvalue weighted by Crippen LogP contribution is -2.47. The van der Waals surface area contributed by atoms with Gasteiger partial charge in [-0.25, -0.2) is 0 Å². The van der Waals surface area contributed by atoms with Crippen molar-refractivity contribution in [2.75, 3.05) is 6.54 Å². The molecule has 0 spiro atoms. The Labute approximate surface area is 176 Å². The summed E-state index contributed by atoms with van der Waals surface area (Å²) >= 11 is 0. The van der Waals surface area contributed by atoms with Crippen molar-refractivity contribution in [2.45, 2.75) is 38.7 Å². The fourth-order valence-electron chi connectivity index (χ4n) is 3.36. The molecule has 0 saturated heterocycles. The van der Waals surface area contributed by atoms with E-state index in [1.165, 1.54) is 0 Å². The number of carbonyl (C=O) groups is 3. The smallest absolute Gasteiger partial charge is 0.269 e. The van der Waals surface area contributed by atoms with Gasteiger partial charge >= 0.3 is 0 Å². The zero-order valence-electron chi connectivity index (χ0n) is 16.9. The second-order valence-electron chi connectivity index (χ2n) is 7.35. The molecule has 158 valence electrons. The number of hydrogen-bond donors (Lipinski definition) is 3. The summed E-state index contributed by atoms with van der Waals surface area (Å²) in [5.41, 5.74) is 6.01. The van der Waals surface area contributed by atoms with Crippen LogP contribution in [0.15, 0.2) is 54.6 Å². The maximum absolute atomic E-state index is 12.2. The van der Waals surface area contributed by atoms with Crippen LogP contribution in [-0.2, 0) is 16.2 Å². The normalized spacial score (nSPS) is 13.9. The first-order valence-electron chi connectivity index (χ1n) is 10.3. The summed E-state index contributed by atoms with van der Waals surface area (Å²) in [7, 11) is 0. The monoisotopic (exact) mass is 409 g/mol. The number of para-hydroxylation sites is 1. The van der Waals surface area contributed by atoms with Crippen LogP contribution in [0.1, 0.15) is 48.0 Å². The topological polar surface area (TPSA) is 96.5 Å². The van der Waals surface area contributed by atoms with E-state index in [4.69, 9.17) is 4.74 Å². The van der Waals surface area contributed by atoms with E-state index in [1.54, 1.807) is 24.3 Å². The van der Waals surface area contributed by atoms with Crippen LogP contribution >= 0.6 is 0 Å². The lowest BCUT2D eigenvalue weighted by Gasteiger charge is -2.20. The van der Waals surface area contributed by atoms with Crippen molar-refractivity contribution in [1.82, 2.24) is 16.2 Å². The van der Waals surface area contributed by atoms with Gasteiger partial charge in [-0.05, 0) is 42.7 Å². The highest BCUT2D eigenvalue weighted by molar-refractivity contribution is 5.95. The molecule has 0 aliphatic heterocycles. The van der Waals surface area contributed by atoms with Crippen LogP contribution in [0.25, 0.3) is 0 Å². The lowest BCUT2D eigenvalue weighted by atomic mass is 9.89. The van der Waals surface area contributed by atoms with Gasteiger partial charge in [-0.1, -0.05) is 49.6 Å². The van der Waals surface area contributed by atoms with Gasteiger partial charge < -0.3 is 10.1 Å². The summed E-state index contributed by atoms with van der Waals surface area (Å²) in [6.07, 6.45) is 5.01. The van der Waals surface area contributed by atoms with E-state index in [0.29, 0.717) is 12.2 Å². The average molecular weight is 409 g/mol. The van der Waals surface area contributed by atoms with Crippen molar-refractivity contribution in [3.8, 4) is 5.75 Å². The third kappa shape index (κ3) is 6.62. The average Bonchev–Trinajstić information content (AvgIpc) is 2.81. The predicted molar refractivity (Wildman–Crippen MR) is 112 cm³/mol. The number of nitrogens with one attached hydrogen (secondary N) is 3. The van der Waals surface area contributed by atoms with Crippen LogP contribution in [0.3, 0.4) is 0 Å². The molecular weight excluding hydrogens is 382 g/mol. The molecule has 7 nitrogen and oxygen atoms in total. The molecule has 1 saturated carbocycles. The van der Waals surface area contributed by atoms with Gasteiger partial charge in [-0.3, -0.25) is 25.2 Å². The Morgan fingerprint density at radius 3 is 2.27 bits per heavy atom. The molecule has 3 amide bonds. The number of benzene rings is 2. The van der Waals surface area contributed by atoms with Crippen molar-refractivity contribution < 1.29 is 19.1 Å². The SMILES string of the molecule is O=C(CNC(=O)C1CCCCC1)NNC(=O)c1ccc(COc2ccccc2)cc1. The van der Waals surface area contributed by atoms with Gasteiger partial charge in [0.1, 0.15) is 12.4 Å². The van der Waals surface area contributed by atoms with E-state index in [9.17, 15) is 14.4 Å². The first kappa shape index (κ1) is 21.4. The zero-order chi connectivity index (χ0) is 21.2. The lowest BCUT2D eigenvalue weighted by molar-refractivity contribution is -0.129. The minimum absolute atomic E-state index is 0.00877. The number of hydrogen-bond acceptors (Lipinski definition) is 4. The summed E-state index contributed by atoms with van der Waals surface area (Å²) in [5, 5.41) is 2.63. The van der Waals surface area contributed by atoms with E-state index < -0.39 is 11.8 Å². The predicted octanol–water partition coefficient (Wildman–Crippen LogP) is 2.72. The third-order valence-corrected chi connectivity index (χ3v) is 5.08. The molecule has 1 fully saturated rings. The molecule has 0 aromatic heterocycles. The van der Waals surface area contributed by atoms with E-state index in [2.05, 4.69) is 16.2 Å². The number of rotatable bonds is 7. The van der Waals surface area contributed by atoms with Gasteiger partial charge in [0, 0.05) is 11.5 Å². The minimum Gasteiger partial charge on any atom is -0.489 e. The minimum atomic E-state index is -0.472. The molecule has 1 aliphatic carbocycles. The molecule has 3 N–H and O–H groups in total. The molecule has 0 heterocycles. The molecule has 0 bridgehead atoms. The Morgan fingerprint density at radius 2 is 1.57 bits per heavy atom. The van der Waals surface area contributed by atoms with Crippen molar-refractivity contribution >= 4 is 17.7 Å². The summed E-state index contributed by atoms with van der Waals surface area (Å²) < 4.78 is 5.67. The second-order valence-corrected chi connectivity index (χ2v) is 7.35. The first-order valence-corrected chi connectivity index (χ1v) is 10.3. The summed E-state index contributed by atoms with van der Waals surface area (Å²) in [6.45, 7) is 0.231. The molecule has 0 atom stereocenters.